The van der Waals surface area contributed by atoms with Gasteiger partial charge in [-0.25, -0.2) is 4.98 Å². The first-order valence-corrected chi connectivity index (χ1v) is 7.69. The molecule has 4 unspecified atom stereocenters. The summed E-state index contributed by atoms with van der Waals surface area (Å²) in [7, 11) is 0. The Bertz CT molecular complexity index is 371. The lowest BCUT2D eigenvalue weighted by Crippen LogP contribution is -2.47. The van der Waals surface area contributed by atoms with Gasteiger partial charge in [0.15, 0.2) is 0 Å². The van der Waals surface area contributed by atoms with E-state index in [1.54, 1.807) is 6.33 Å². The molecule has 1 aliphatic heterocycles. The summed E-state index contributed by atoms with van der Waals surface area (Å²) in [4.78, 5) is 4.25. The normalized spacial score (nSPS) is 33.4. The van der Waals surface area contributed by atoms with Crippen molar-refractivity contribution in [2.75, 3.05) is 6.54 Å². The van der Waals surface area contributed by atoms with E-state index in [9.17, 15) is 0 Å². The molecule has 19 heavy (non-hydrogen) atoms. The monoisotopic (exact) mass is 263 g/mol. The third-order valence-electron chi connectivity index (χ3n) is 4.74. The molecule has 1 aliphatic carbocycles. The molecule has 0 radical (unpaired) electrons. The Hall–Kier alpha value is -0.940. The molecule has 1 saturated heterocycles. The third-order valence-corrected chi connectivity index (χ3v) is 4.74. The Kier molecular flexibility index (Phi) is 4.13. The lowest BCUT2D eigenvalue weighted by molar-refractivity contribution is 0.247. The third kappa shape index (κ3) is 2.98. The number of piperidine rings is 1. The van der Waals surface area contributed by atoms with Crippen LogP contribution in [0.3, 0.4) is 0 Å². The highest BCUT2D eigenvalue weighted by atomic mass is 15.2. The largest absolute Gasteiger partial charge is 0.314 e. The maximum Gasteiger partial charge on any atom is 0.141 e. The van der Waals surface area contributed by atoms with E-state index in [4.69, 9.17) is 0 Å². The topological polar surface area (TPSA) is 65.6 Å². The fourth-order valence-electron chi connectivity index (χ4n) is 3.75. The summed E-state index contributed by atoms with van der Waals surface area (Å²) in [5.41, 5.74) is 0. The van der Waals surface area contributed by atoms with E-state index in [1.807, 2.05) is 0 Å². The lowest BCUT2D eigenvalue weighted by Gasteiger charge is -2.34. The predicted molar refractivity (Wildman–Crippen MR) is 74.7 cm³/mol. The Labute approximate surface area is 115 Å². The first-order valence-electron chi connectivity index (χ1n) is 7.69. The van der Waals surface area contributed by atoms with Crippen LogP contribution in [0.5, 0.6) is 0 Å². The first kappa shape index (κ1) is 13.1. The number of hydrogen-bond donors (Lipinski definition) is 3. The summed E-state index contributed by atoms with van der Waals surface area (Å²) in [6, 6.07) is 1.60. The minimum atomic E-state index is 0.261. The highest BCUT2D eigenvalue weighted by molar-refractivity contribution is 4.96. The molecule has 0 bridgehead atoms. The van der Waals surface area contributed by atoms with Crippen LogP contribution in [0.25, 0.3) is 0 Å². The van der Waals surface area contributed by atoms with Gasteiger partial charge in [0, 0.05) is 12.1 Å². The Morgan fingerprint density at radius 1 is 1.26 bits per heavy atom. The first-order chi connectivity index (χ1) is 9.34. The summed E-state index contributed by atoms with van der Waals surface area (Å²) < 4.78 is 0. The zero-order valence-corrected chi connectivity index (χ0v) is 11.7. The molecular formula is C14H25N5. The van der Waals surface area contributed by atoms with E-state index in [1.165, 1.54) is 45.1 Å². The average molecular weight is 263 g/mol. The second kappa shape index (κ2) is 6.01. The molecule has 2 fully saturated rings. The van der Waals surface area contributed by atoms with Crippen molar-refractivity contribution in [1.29, 1.82) is 0 Å². The molecule has 1 aromatic rings. The van der Waals surface area contributed by atoms with Crippen LogP contribution in [-0.4, -0.2) is 33.8 Å². The second-order valence-electron chi connectivity index (χ2n) is 6.02. The van der Waals surface area contributed by atoms with Gasteiger partial charge < -0.3 is 10.6 Å². The van der Waals surface area contributed by atoms with E-state index in [-0.39, 0.29) is 6.04 Å². The fraction of sp³-hybridized carbons (Fsp3) is 0.857. The number of nitrogens with one attached hydrogen (secondary N) is 3. The van der Waals surface area contributed by atoms with Crippen LogP contribution >= 0.6 is 0 Å². The van der Waals surface area contributed by atoms with Crippen LogP contribution in [0, 0.1) is 5.92 Å². The zero-order valence-electron chi connectivity index (χ0n) is 11.7. The van der Waals surface area contributed by atoms with Crippen molar-refractivity contribution in [2.24, 2.45) is 5.92 Å². The van der Waals surface area contributed by atoms with Crippen molar-refractivity contribution < 1.29 is 0 Å². The summed E-state index contributed by atoms with van der Waals surface area (Å²) in [6.07, 6.45) is 9.67. The van der Waals surface area contributed by atoms with Gasteiger partial charge in [0.05, 0.1) is 6.04 Å². The Balaban J connectivity index is 1.59. The smallest absolute Gasteiger partial charge is 0.141 e. The van der Waals surface area contributed by atoms with Gasteiger partial charge in [-0.1, -0.05) is 12.8 Å². The summed E-state index contributed by atoms with van der Waals surface area (Å²) in [5.74, 6) is 1.73. The second-order valence-corrected chi connectivity index (χ2v) is 6.02. The molecule has 0 amide bonds. The number of H-pyrrole nitrogens is 1. The molecule has 5 nitrogen and oxygen atoms in total. The Morgan fingerprint density at radius 3 is 2.95 bits per heavy atom. The minimum Gasteiger partial charge on any atom is -0.314 e. The number of rotatable bonds is 4. The minimum absolute atomic E-state index is 0.261. The molecule has 5 heteroatoms. The SMILES string of the molecule is CC(NC1CCCC1C1CCCCN1)c1ncn[nH]1. The highest BCUT2D eigenvalue weighted by Gasteiger charge is 2.34. The van der Waals surface area contributed by atoms with Gasteiger partial charge >= 0.3 is 0 Å². The van der Waals surface area contributed by atoms with E-state index in [2.05, 4.69) is 32.7 Å². The van der Waals surface area contributed by atoms with Gasteiger partial charge in [-0.3, -0.25) is 5.10 Å². The number of aromatic nitrogens is 3. The zero-order chi connectivity index (χ0) is 13.1. The van der Waals surface area contributed by atoms with Crippen molar-refractivity contribution in [3.05, 3.63) is 12.2 Å². The van der Waals surface area contributed by atoms with Gasteiger partial charge in [0.25, 0.3) is 0 Å². The van der Waals surface area contributed by atoms with E-state index >= 15 is 0 Å². The number of aromatic amines is 1. The molecule has 2 aliphatic rings. The maximum atomic E-state index is 4.25. The van der Waals surface area contributed by atoms with E-state index in [0.717, 1.165) is 17.8 Å². The van der Waals surface area contributed by atoms with Crippen molar-refractivity contribution in [2.45, 2.75) is 63.6 Å². The van der Waals surface area contributed by atoms with Gasteiger partial charge in [0.2, 0.25) is 0 Å². The number of hydrogen-bond acceptors (Lipinski definition) is 4. The van der Waals surface area contributed by atoms with E-state index < -0.39 is 0 Å². The molecule has 3 rings (SSSR count). The lowest BCUT2D eigenvalue weighted by atomic mass is 9.88. The van der Waals surface area contributed by atoms with Gasteiger partial charge in [0.1, 0.15) is 12.2 Å². The van der Waals surface area contributed by atoms with Crippen LogP contribution in [0.15, 0.2) is 6.33 Å². The van der Waals surface area contributed by atoms with Crippen molar-refractivity contribution in [3.8, 4) is 0 Å². The molecule has 2 heterocycles. The standard InChI is InChI=1S/C14H25N5/c1-10(14-16-9-17-19-14)18-13-7-4-5-11(13)12-6-2-3-8-15-12/h9-13,15,18H,2-8H2,1H3,(H,16,17,19). The summed E-state index contributed by atoms with van der Waals surface area (Å²) >= 11 is 0. The molecule has 0 aromatic carbocycles. The molecule has 1 aromatic heterocycles. The summed E-state index contributed by atoms with van der Waals surface area (Å²) in [5, 5.41) is 14.4. The predicted octanol–water partition coefficient (Wildman–Crippen LogP) is 1.77. The van der Waals surface area contributed by atoms with Crippen LogP contribution in [0.1, 0.15) is 57.3 Å². The average Bonchev–Trinajstić information content (AvgIpc) is 3.11. The van der Waals surface area contributed by atoms with Crippen LogP contribution in [-0.2, 0) is 0 Å². The molecule has 3 N–H and O–H groups in total. The highest BCUT2D eigenvalue weighted by Crippen LogP contribution is 2.32. The van der Waals surface area contributed by atoms with Crippen molar-refractivity contribution in [3.63, 3.8) is 0 Å². The number of nitrogens with zero attached hydrogens (tertiary/aromatic N) is 2. The van der Waals surface area contributed by atoms with Crippen LogP contribution in [0.4, 0.5) is 0 Å². The molecule has 0 spiro atoms. The van der Waals surface area contributed by atoms with Crippen LogP contribution in [0.2, 0.25) is 0 Å². The Morgan fingerprint density at radius 2 is 2.21 bits per heavy atom. The summed E-state index contributed by atoms with van der Waals surface area (Å²) in [6.45, 7) is 3.37. The van der Waals surface area contributed by atoms with Crippen molar-refractivity contribution >= 4 is 0 Å². The molecule has 106 valence electrons. The molecular weight excluding hydrogens is 238 g/mol. The van der Waals surface area contributed by atoms with Gasteiger partial charge in [-0.05, 0) is 45.1 Å². The van der Waals surface area contributed by atoms with Crippen molar-refractivity contribution in [1.82, 2.24) is 25.8 Å². The maximum absolute atomic E-state index is 4.25. The quantitative estimate of drug-likeness (QED) is 0.774. The molecule has 1 saturated carbocycles. The van der Waals surface area contributed by atoms with Crippen LogP contribution < -0.4 is 10.6 Å². The molecule has 4 atom stereocenters. The van der Waals surface area contributed by atoms with E-state index in [0.29, 0.717) is 6.04 Å². The van der Waals surface area contributed by atoms with Gasteiger partial charge in [-0.15, -0.1) is 0 Å². The van der Waals surface area contributed by atoms with Gasteiger partial charge in [-0.2, -0.15) is 5.10 Å². The fourth-order valence-corrected chi connectivity index (χ4v) is 3.75.